The Bertz CT molecular complexity index is 1260. The third-order valence-corrected chi connectivity index (χ3v) is 5.36. The van der Waals surface area contributed by atoms with Crippen molar-refractivity contribution in [1.82, 2.24) is 29.9 Å². The van der Waals surface area contributed by atoms with E-state index in [1.54, 1.807) is 40.2 Å². The highest BCUT2D eigenvalue weighted by Gasteiger charge is 2.26. The molecule has 1 aliphatic heterocycles. The number of pyridine rings is 1. The van der Waals surface area contributed by atoms with E-state index in [1.807, 2.05) is 24.3 Å². The molecule has 0 spiro atoms. The van der Waals surface area contributed by atoms with Crippen LogP contribution in [0.15, 0.2) is 65.7 Å². The molecule has 156 valence electrons. The number of carbonyl (C=O) groups excluding carboxylic acids is 1. The van der Waals surface area contributed by atoms with Crippen LogP contribution in [0.1, 0.15) is 23.2 Å². The smallest absolute Gasteiger partial charge is 0.254 e. The minimum absolute atomic E-state index is 0.0511. The highest BCUT2D eigenvalue weighted by Crippen LogP contribution is 2.21. The summed E-state index contributed by atoms with van der Waals surface area (Å²) in [4.78, 5) is 29.6. The molecule has 0 aliphatic carbocycles. The number of nitrogens with zero attached hydrogens (tertiary/aromatic N) is 5. The lowest BCUT2D eigenvalue weighted by molar-refractivity contribution is 0.0587. The molecule has 0 unspecified atom stereocenters. The fraction of sp³-hybridized carbons (Fsp3) is 0.227. The number of rotatable bonds is 4. The van der Waals surface area contributed by atoms with E-state index in [4.69, 9.17) is 4.74 Å². The van der Waals surface area contributed by atoms with E-state index >= 15 is 0 Å². The van der Waals surface area contributed by atoms with Gasteiger partial charge in [-0.15, -0.1) is 10.2 Å². The van der Waals surface area contributed by atoms with E-state index < -0.39 is 0 Å². The van der Waals surface area contributed by atoms with Crippen LogP contribution in [0.5, 0.6) is 5.88 Å². The van der Waals surface area contributed by atoms with Gasteiger partial charge in [0.15, 0.2) is 5.82 Å². The second-order valence-corrected chi connectivity index (χ2v) is 7.38. The quantitative estimate of drug-likeness (QED) is 0.547. The topological polar surface area (TPSA) is 106 Å². The summed E-state index contributed by atoms with van der Waals surface area (Å²) in [6, 6.07) is 14.1. The number of amides is 1. The number of aromatic nitrogens is 5. The first-order valence-corrected chi connectivity index (χ1v) is 10.1. The Hall–Kier alpha value is -4.01. The van der Waals surface area contributed by atoms with Gasteiger partial charge in [-0.05, 0) is 18.2 Å². The van der Waals surface area contributed by atoms with Crippen LogP contribution in [0.3, 0.4) is 0 Å². The third kappa shape index (κ3) is 3.89. The minimum atomic E-state index is -0.280. The van der Waals surface area contributed by atoms with Crippen molar-refractivity contribution in [2.45, 2.75) is 18.9 Å². The zero-order valence-electron chi connectivity index (χ0n) is 16.6. The number of benzene rings is 1. The Labute approximate surface area is 177 Å². The Kier molecular flexibility index (Phi) is 4.91. The van der Waals surface area contributed by atoms with Crippen LogP contribution in [-0.2, 0) is 0 Å². The van der Waals surface area contributed by atoms with Gasteiger partial charge < -0.3 is 14.6 Å². The highest BCUT2D eigenvalue weighted by atomic mass is 16.5. The summed E-state index contributed by atoms with van der Waals surface area (Å²) in [5, 5.41) is 13.1. The fourth-order valence-electron chi connectivity index (χ4n) is 3.80. The van der Waals surface area contributed by atoms with Crippen LogP contribution < -0.4 is 10.3 Å². The lowest BCUT2D eigenvalue weighted by atomic mass is 10.0. The molecule has 4 aromatic rings. The number of hydrogen-bond donors (Lipinski definition) is 1. The number of nitrogens with one attached hydrogen (secondary N) is 1. The molecule has 9 nitrogen and oxygen atoms in total. The Morgan fingerprint density at radius 3 is 2.65 bits per heavy atom. The predicted molar refractivity (Wildman–Crippen MR) is 113 cm³/mol. The normalized spacial score (nSPS) is 14.6. The van der Waals surface area contributed by atoms with E-state index in [1.165, 1.54) is 6.07 Å². The largest absolute Gasteiger partial charge is 0.473 e. The van der Waals surface area contributed by atoms with Gasteiger partial charge in [-0.1, -0.05) is 18.2 Å². The molecule has 1 aromatic carbocycles. The molecule has 0 saturated carbocycles. The average molecular weight is 416 g/mol. The van der Waals surface area contributed by atoms with Crippen LogP contribution >= 0.6 is 0 Å². The summed E-state index contributed by atoms with van der Waals surface area (Å²) in [6.45, 7) is 1.09. The van der Waals surface area contributed by atoms with Gasteiger partial charge in [0.1, 0.15) is 6.10 Å². The Morgan fingerprint density at radius 1 is 1.06 bits per heavy atom. The van der Waals surface area contributed by atoms with E-state index in [-0.39, 0.29) is 17.6 Å². The Balaban J connectivity index is 1.24. The van der Waals surface area contributed by atoms with Crippen molar-refractivity contribution >= 4 is 16.8 Å². The van der Waals surface area contributed by atoms with Crippen LogP contribution in [0.2, 0.25) is 0 Å². The molecule has 1 saturated heterocycles. The molecule has 5 rings (SSSR count). The maximum atomic E-state index is 13.1. The summed E-state index contributed by atoms with van der Waals surface area (Å²) in [6.07, 6.45) is 4.77. The van der Waals surface area contributed by atoms with Gasteiger partial charge in [0.2, 0.25) is 11.4 Å². The van der Waals surface area contributed by atoms with Gasteiger partial charge in [-0.3, -0.25) is 9.59 Å². The van der Waals surface area contributed by atoms with Crippen LogP contribution in [0, 0.1) is 0 Å². The number of H-pyrrole nitrogens is 1. The fourth-order valence-corrected chi connectivity index (χ4v) is 3.80. The number of ether oxygens (including phenoxy) is 1. The summed E-state index contributed by atoms with van der Waals surface area (Å²) < 4.78 is 7.58. The molecule has 31 heavy (non-hydrogen) atoms. The molecule has 4 heterocycles. The number of fused-ring (bicyclic) bond motifs is 1. The SMILES string of the molecule is O=C(c1cc(=O)[nH]c2ccccc12)N1CCC(Oc2ccc(-n3cccn3)nn2)CC1. The van der Waals surface area contributed by atoms with Crippen molar-refractivity contribution in [3.63, 3.8) is 0 Å². The zero-order chi connectivity index (χ0) is 21.2. The van der Waals surface area contributed by atoms with Crippen LogP contribution in [0.25, 0.3) is 16.7 Å². The first kappa shape index (κ1) is 19.0. The summed E-state index contributed by atoms with van der Waals surface area (Å²) in [5.74, 6) is 0.924. The lowest BCUT2D eigenvalue weighted by Gasteiger charge is -2.32. The molecule has 3 aromatic heterocycles. The van der Waals surface area contributed by atoms with Gasteiger partial charge in [0, 0.05) is 61.4 Å². The number of para-hydroxylation sites is 1. The van der Waals surface area contributed by atoms with Gasteiger partial charge >= 0.3 is 0 Å². The molecular formula is C22H20N6O3. The minimum Gasteiger partial charge on any atom is -0.473 e. The summed E-state index contributed by atoms with van der Waals surface area (Å²) >= 11 is 0. The lowest BCUT2D eigenvalue weighted by Crippen LogP contribution is -2.42. The van der Waals surface area contributed by atoms with Crippen molar-refractivity contribution in [3.05, 3.63) is 76.8 Å². The molecule has 9 heteroatoms. The van der Waals surface area contributed by atoms with Crippen LogP contribution in [-0.4, -0.2) is 55.0 Å². The molecule has 1 fully saturated rings. The summed E-state index contributed by atoms with van der Waals surface area (Å²) in [7, 11) is 0. The first-order chi connectivity index (χ1) is 15.2. The zero-order valence-corrected chi connectivity index (χ0v) is 16.6. The molecule has 0 bridgehead atoms. The van der Waals surface area contributed by atoms with Gasteiger partial charge in [-0.2, -0.15) is 5.10 Å². The second-order valence-electron chi connectivity index (χ2n) is 7.38. The molecule has 1 amide bonds. The first-order valence-electron chi connectivity index (χ1n) is 10.1. The molecule has 1 aliphatic rings. The molecule has 0 radical (unpaired) electrons. The van der Waals surface area contributed by atoms with E-state index in [2.05, 4.69) is 20.3 Å². The molecule has 0 atom stereocenters. The van der Waals surface area contributed by atoms with Crippen molar-refractivity contribution in [2.75, 3.05) is 13.1 Å². The van der Waals surface area contributed by atoms with Crippen molar-refractivity contribution in [1.29, 1.82) is 0 Å². The second kappa shape index (κ2) is 8.02. The van der Waals surface area contributed by atoms with Crippen molar-refractivity contribution < 1.29 is 9.53 Å². The maximum Gasteiger partial charge on any atom is 0.254 e. The van der Waals surface area contributed by atoms with E-state index in [9.17, 15) is 9.59 Å². The van der Waals surface area contributed by atoms with Gasteiger partial charge in [0.25, 0.3) is 5.91 Å². The molecular weight excluding hydrogens is 396 g/mol. The summed E-state index contributed by atoms with van der Waals surface area (Å²) in [5.41, 5.74) is 0.810. The number of likely N-dealkylation sites (tertiary alicyclic amines) is 1. The maximum absolute atomic E-state index is 13.1. The third-order valence-electron chi connectivity index (χ3n) is 5.36. The predicted octanol–water partition coefficient (Wildman–Crippen LogP) is 2.19. The standard InChI is InChI=1S/C22H20N6O3/c29-20-14-17(16-4-1-2-5-18(16)24-20)22(30)27-12-8-15(9-13-27)31-21-7-6-19(25-26-21)28-11-3-10-23-28/h1-7,10-11,14-15H,8-9,12-13H2,(H,24,29). The number of hydrogen-bond acceptors (Lipinski definition) is 6. The van der Waals surface area contributed by atoms with Gasteiger partial charge in [-0.25, -0.2) is 4.68 Å². The average Bonchev–Trinajstić information content (AvgIpc) is 3.34. The van der Waals surface area contributed by atoms with Gasteiger partial charge in [0.05, 0.1) is 5.56 Å². The van der Waals surface area contributed by atoms with E-state index in [0.29, 0.717) is 48.7 Å². The van der Waals surface area contributed by atoms with Crippen LogP contribution in [0.4, 0.5) is 0 Å². The number of aromatic amines is 1. The molecule has 1 N–H and O–H groups in total. The van der Waals surface area contributed by atoms with E-state index in [0.717, 1.165) is 5.39 Å². The monoisotopic (exact) mass is 416 g/mol. The highest BCUT2D eigenvalue weighted by molar-refractivity contribution is 6.05. The number of piperidine rings is 1. The number of carbonyl (C=O) groups is 1. The van der Waals surface area contributed by atoms with Crippen molar-refractivity contribution in [2.24, 2.45) is 0 Å². The Morgan fingerprint density at radius 2 is 1.90 bits per heavy atom. The van der Waals surface area contributed by atoms with Crippen molar-refractivity contribution in [3.8, 4) is 11.7 Å².